The number of nitrogens with zero attached hydrogens (tertiary/aromatic N) is 1. The van der Waals surface area contributed by atoms with Gasteiger partial charge in [0, 0.05) is 11.9 Å². The van der Waals surface area contributed by atoms with Crippen LogP contribution in [0, 0.1) is 0 Å². The third-order valence-electron chi connectivity index (χ3n) is 3.48. The minimum atomic E-state index is 0.673. The molecule has 15 heavy (non-hydrogen) atoms. The van der Waals surface area contributed by atoms with Crippen LogP contribution in [-0.2, 0) is 0 Å². The molecule has 0 N–H and O–H groups in total. The average molecular weight is 232 g/mol. The van der Waals surface area contributed by atoms with Crippen molar-refractivity contribution < 1.29 is 0 Å². The van der Waals surface area contributed by atoms with E-state index in [-0.39, 0.29) is 0 Å². The zero-order valence-corrected chi connectivity index (χ0v) is 10.9. The van der Waals surface area contributed by atoms with E-state index in [1.165, 1.54) is 64.5 Å². The van der Waals surface area contributed by atoms with Crippen LogP contribution < -0.4 is 0 Å². The van der Waals surface area contributed by atoms with Crippen LogP contribution in [0.3, 0.4) is 0 Å². The number of alkyl halides is 1. The van der Waals surface area contributed by atoms with Crippen LogP contribution in [0.5, 0.6) is 0 Å². The second-order valence-electron chi connectivity index (χ2n) is 4.75. The Bertz CT molecular complexity index is 149. The van der Waals surface area contributed by atoms with E-state index in [0.29, 0.717) is 6.04 Å². The lowest BCUT2D eigenvalue weighted by atomic mass is 10.0. The molecule has 0 aromatic heterocycles. The molecule has 0 saturated carbocycles. The Morgan fingerprint density at radius 1 is 1.13 bits per heavy atom. The predicted octanol–water partition coefficient (Wildman–Crippen LogP) is 4.05. The van der Waals surface area contributed by atoms with E-state index in [1.807, 2.05) is 0 Å². The van der Waals surface area contributed by atoms with Gasteiger partial charge in [0.2, 0.25) is 0 Å². The van der Waals surface area contributed by atoms with Crippen LogP contribution in [0.25, 0.3) is 0 Å². The highest BCUT2D eigenvalue weighted by Crippen LogP contribution is 2.18. The zero-order chi connectivity index (χ0) is 10.9. The number of unbranched alkanes of at least 4 members (excludes halogenated alkanes) is 4. The van der Waals surface area contributed by atoms with Crippen molar-refractivity contribution in [2.45, 2.75) is 64.3 Å². The molecule has 2 heteroatoms. The number of likely N-dealkylation sites (tertiary alicyclic amines) is 1. The highest BCUT2D eigenvalue weighted by Gasteiger charge is 2.20. The summed E-state index contributed by atoms with van der Waals surface area (Å²) in [7, 11) is 0. The molecule has 0 radical (unpaired) electrons. The lowest BCUT2D eigenvalue weighted by Crippen LogP contribution is -2.41. The minimum Gasteiger partial charge on any atom is -0.299 e. The molecule has 1 aliphatic rings. The molecule has 1 atom stereocenters. The number of halogens is 1. The third-order valence-corrected chi connectivity index (χ3v) is 3.83. The molecule has 1 saturated heterocycles. The van der Waals surface area contributed by atoms with Crippen molar-refractivity contribution in [2.24, 2.45) is 0 Å². The first kappa shape index (κ1) is 13.3. The summed E-state index contributed by atoms with van der Waals surface area (Å²) in [5.41, 5.74) is 0. The summed E-state index contributed by atoms with van der Waals surface area (Å²) in [5.74, 6) is 0.828. The van der Waals surface area contributed by atoms with E-state index in [0.717, 1.165) is 5.88 Å². The molecule has 0 aromatic carbocycles. The maximum atomic E-state index is 6.00. The summed E-state index contributed by atoms with van der Waals surface area (Å²) in [5, 5.41) is 0. The van der Waals surface area contributed by atoms with Gasteiger partial charge in [-0.3, -0.25) is 4.90 Å². The van der Waals surface area contributed by atoms with E-state index in [2.05, 4.69) is 11.8 Å². The molecule has 0 aromatic rings. The number of rotatable bonds is 7. The zero-order valence-electron chi connectivity index (χ0n) is 10.2. The van der Waals surface area contributed by atoms with Gasteiger partial charge in [-0.05, 0) is 32.4 Å². The molecule has 1 fully saturated rings. The standard InChI is InChI=1S/C13H26ClN/c1-2-3-4-5-7-10-15-11-8-6-9-13(15)12-14/h13H,2-12H2,1H3. The highest BCUT2D eigenvalue weighted by molar-refractivity contribution is 6.18. The molecule has 90 valence electrons. The number of hydrogen-bond donors (Lipinski definition) is 0. The molecule has 0 spiro atoms. The topological polar surface area (TPSA) is 3.24 Å². The molecular weight excluding hydrogens is 206 g/mol. The molecule has 1 rings (SSSR count). The third kappa shape index (κ3) is 5.21. The smallest absolute Gasteiger partial charge is 0.0379 e. The SMILES string of the molecule is CCCCCCCN1CCCCC1CCl. The van der Waals surface area contributed by atoms with Crippen LogP contribution >= 0.6 is 11.6 Å². The fourth-order valence-electron chi connectivity index (χ4n) is 2.45. The maximum absolute atomic E-state index is 6.00. The molecule has 0 aliphatic carbocycles. The Kier molecular flexibility index (Phi) is 7.46. The summed E-state index contributed by atoms with van der Waals surface area (Å²) in [6.45, 7) is 4.83. The van der Waals surface area contributed by atoms with E-state index >= 15 is 0 Å². The fourth-order valence-corrected chi connectivity index (χ4v) is 2.80. The van der Waals surface area contributed by atoms with Gasteiger partial charge < -0.3 is 0 Å². The lowest BCUT2D eigenvalue weighted by Gasteiger charge is -2.34. The number of piperidine rings is 1. The first-order valence-electron chi connectivity index (χ1n) is 6.68. The Hall–Kier alpha value is 0.250. The van der Waals surface area contributed by atoms with Crippen LogP contribution in [0.2, 0.25) is 0 Å². The maximum Gasteiger partial charge on any atom is 0.0379 e. The van der Waals surface area contributed by atoms with E-state index in [9.17, 15) is 0 Å². The summed E-state index contributed by atoms with van der Waals surface area (Å²) in [6, 6.07) is 0.673. The first-order chi connectivity index (χ1) is 7.38. The predicted molar refractivity (Wildman–Crippen MR) is 68.7 cm³/mol. The molecule has 0 amide bonds. The molecule has 1 aliphatic heterocycles. The lowest BCUT2D eigenvalue weighted by molar-refractivity contribution is 0.160. The van der Waals surface area contributed by atoms with Crippen molar-refractivity contribution in [1.29, 1.82) is 0 Å². The summed E-state index contributed by atoms with van der Waals surface area (Å²) < 4.78 is 0. The second-order valence-corrected chi connectivity index (χ2v) is 5.06. The molecular formula is C13H26ClN. The van der Waals surface area contributed by atoms with E-state index in [1.54, 1.807) is 0 Å². The van der Waals surface area contributed by atoms with Gasteiger partial charge in [0.25, 0.3) is 0 Å². The van der Waals surface area contributed by atoms with Gasteiger partial charge in [0.1, 0.15) is 0 Å². The molecule has 1 unspecified atom stereocenters. The van der Waals surface area contributed by atoms with E-state index < -0.39 is 0 Å². The molecule has 1 nitrogen and oxygen atoms in total. The average Bonchev–Trinajstić information content (AvgIpc) is 2.29. The summed E-state index contributed by atoms with van der Waals surface area (Å²) in [4.78, 5) is 2.61. The first-order valence-corrected chi connectivity index (χ1v) is 7.22. The summed E-state index contributed by atoms with van der Waals surface area (Å²) >= 11 is 6.00. The Labute approximate surface area is 100 Å². The van der Waals surface area contributed by atoms with Gasteiger partial charge in [-0.15, -0.1) is 11.6 Å². The second kappa shape index (κ2) is 8.41. The fraction of sp³-hybridized carbons (Fsp3) is 1.00. The van der Waals surface area contributed by atoms with Gasteiger partial charge in [0.05, 0.1) is 0 Å². The molecule has 0 bridgehead atoms. The van der Waals surface area contributed by atoms with Crippen molar-refractivity contribution in [3.05, 3.63) is 0 Å². The summed E-state index contributed by atoms with van der Waals surface area (Å²) in [6.07, 6.45) is 11.0. The molecule has 1 heterocycles. The van der Waals surface area contributed by atoms with Crippen LogP contribution in [-0.4, -0.2) is 29.9 Å². The van der Waals surface area contributed by atoms with Crippen molar-refractivity contribution in [2.75, 3.05) is 19.0 Å². The highest BCUT2D eigenvalue weighted by atomic mass is 35.5. The van der Waals surface area contributed by atoms with E-state index in [4.69, 9.17) is 11.6 Å². The van der Waals surface area contributed by atoms with Gasteiger partial charge in [0.15, 0.2) is 0 Å². The van der Waals surface area contributed by atoms with Gasteiger partial charge in [-0.1, -0.05) is 39.0 Å². The quantitative estimate of drug-likeness (QED) is 0.472. The van der Waals surface area contributed by atoms with Crippen LogP contribution in [0.4, 0.5) is 0 Å². The van der Waals surface area contributed by atoms with Gasteiger partial charge >= 0.3 is 0 Å². The Morgan fingerprint density at radius 3 is 2.67 bits per heavy atom. The van der Waals surface area contributed by atoms with Crippen LogP contribution in [0.15, 0.2) is 0 Å². The normalized spacial score (nSPS) is 23.2. The van der Waals surface area contributed by atoms with Gasteiger partial charge in [-0.2, -0.15) is 0 Å². The van der Waals surface area contributed by atoms with Crippen LogP contribution in [0.1, 0.15) is 58.3 Å². The minimum absolute atomic E-state index is 0.673. The Morgan fingerprint density at radius 2 is 1.93 bits per heavy atom. The van der Waals surface area contributed by atoms with Crippen molar-refractivity contribution in [3.63, 3.8) is 0 Å². The van der Waals surface area contributed by atoms with Crippen molar-refractivity contribution >= 4 is 11.6 Å². The van der Waals surface area contributed by atoms with Crippen molar-refractivity contribution in [1.82, 2.24) is 4.90 Å². The van der Waals surface area contributed by atoms with Crippen molar-refractivity contribution in [3.8, 4) is 0 Å². The monoisotopic (exact) mass is 231 g/mol. The van der Waals surface area contributed by atoms with Gasteiger partial charge in [-0.25, -0.2) is 0 Å². The Balaban J connectivity index is 2.07. The largest absolute Gasteiger partial charge is 0.299 e. The number of hydrogen-bond acceptors (Lipinski definition) is 1.